The summed E-state index contributed by atoms with van der Waals surface area (Å²) in [7, 11) is 0. The molecule has 1 saturated heterocycles. The fraction of sp³-hybridized carbons (Fsp3) is 0.421. The molecule has 0 saturated carbocycles. The first kappa shape index (κ1) is 15.1. The molecule has 0 spiro atoms. The number of aromatic amines is 1. The number of aryl methyl sites for hydroxylation is 1. The summed E-state index contributed by atoms with van der Waals surface area (Å²) >= 11 is 0. The smallest absolute Gasteiger partial charge is 0.139 e. The lowest BCUT2D eigenvalue weighted by Crippen LogP contribution is -2.35. The van der Waals surface area contributed by atoms with Crippen LogP contribution in [0.4, 0.5) is 5.69 Å². The molecule has 3 aromatic heterocycles. The van der Waals surface area contributed by atoms with E-state index in [-0.39, 0.29) is 0 Å². The Balaban J connectivity index is 1.81. The van der Waals surface area contributed by atoms with E-state index < -0.39 is 0 Å². The van der Waals surface area contributed by atoms with Crippen LogP contribution in [0.5, 0.6) is 0 Å². The van der Waals surface area contributed by atoms with Crippen LogP contribution in [0.25, 0.3) is 22.2 Å². The first-order valence-corrected chi connectivity index (χ1v) is 8.76. The Morgan fingerprint density at radius 1 is 1.25 bits per heavy atom. The van der Waals surface area contributed by atoms with Gasteiger partial charge in [-0.2, -0.15) is 0 Å². The van der Waals surface area contributed by atoms with Crippen LogP contribution in [0.3, 0.4) is 0 Å². The lowest BCUT2D eigenvalue weighted by molar-refractivity contribution is 0.405. The predicted molar refractivity (Wildman–Crippen MR) is 97.1 cm³/mol. The zero-order chi connectivity index (χ0) is 16.5. The average molecular weight is 321 g/mol. The molecule has 0 aliphatic carbocycles. The molecule has 0 bridgehead atoms. The molecule has 5 nitrogen and oxygen atoms in total. The van der Waals surface area contributed by atoms with Gasteiger partial charge in [0, 0.05) is 60.1 Å². The number of anilines is 1. The Morgan fingerprint density at radius 3 is 2.88 bits per heavy atom. The predicted octanol–water partition coefficient (Wildman–Crippen LogP) is 3.95. The number of hydrogen-bond acceptors (Lipinski definition) is 4. The van der Waals surface area contributed by atoms with Gasteiger partial charge in [-0.15, -0.1) is 0 Å². The summed E-state index contributed by atoms with van der Waals surface area (Å²) in [5.74, 6) is 1.57. The van der Waals surface area contributed by atoms with Gasteiger partial charge in [0.1, 0.15) is 11.5 Å². The first-order valence-electron chi connectivity index (χ1n) is 8.76. The highest BCUT2D eigenvalue weighted by Crippen LogP contribution is 2.36. The highest BCUT2D eigenvalue weighted by Gasteiger charge is 2.22. The molecule has 0 unspecified atom stereocenters. The molecule has 5 heteroatoms. The summed E-state index contributed by atoms with van der Waals surface area (Å²) in [5, 5.41) is 1.18. The van der Waals surface area contributed by atoms with Crippen LogP contribution in [0.15, 0.2) is 30.9 Å². The Labute approximate surface area is 142 Å². The molecule has 3 aromatic rings. The number of piperidine rings is 1. The third-order valence-electron chi connectivity index (χ3n) is 5.08. The van der Waals surface area contributed by atoms with E-state index in [9.17, 15) is 0 Å². The number of aromatic nitrogens is 4. The van der Waals surface area contributed by atoms with E-state index in [1.54, 1.807) is 0 Å². The molecule has 1 fully saturated rings. The standard InChI is InChI=1S/C19H23N5/c1-3-14-5-4-8-24(12-14)17-6-7-20-19-18(17)16(11-23-19)15-9-21-13(2)22-10-15/h6-7,9-11,14H,3-5,8,12H2,1-2H3,(H,20,23)/t14-/m0/s1. The van der Waals surface area contributed by atoms with E-state index in [0.717, 1.165) is 41.6 Å². The molecular weight excluding hydrogens is 298 g/mol. The Kier molecular flexibility index (Phi) is 3.92. The Morgan fingerprint density at radius 2 is 2.08 bits per heavy atom. The van der Waals surface area contributed by atoms with Gasteiger partial charge in [-0.1, -0.05) is 13.3 Å². The van der Waals surface area contributed by atoms with Gasteiger partial charge in [-0.05, 0) is 31.7 Å². The number of fused-ring (bicyclic) bond motifs is 1. The summed E-state index contributed by atoms with van der Waals surface area (Å²) in [5.41, 5.74) is 4.37. The molecule has 4 rings (SSSR count). The van der Waals surface area contributed by atoms with Gasteiger partial charge in [0.25, 0.3) is 0 Å². The van der Waals surface area contributed by atoms with Gasteiger partial charge >= 0.3 is 0 Å². The lowest BCUT2D eigenvalue weighted by Gasteiger charge is -2.34. The maximum absolute atomic E-state index is 4.52. The van der Waals surface area contributed by atoms with E-state index in [2.05, 4.69) is 37.8 Å². The summed E-state index contributed by atoms with van der Waals surface area (Å²) in [6.07, 6.45) is 11.6. The maximum Gasteiger partial charge on any atom is 0.139 e. The van der Waals surface area contributed by atoms with Crippen molar-refractivity contribution in [2.75, 3.05) is 18.0 Å². The molecule has 124 valence electrons. The average Bonchev–Trinajstić information content (AvgIpc) is 3.06. The van der Waals surface area contributed by atoms with Crippen molar-refractivity contribution < 1.29 is 0 Å². The van der Waals surface area contributed by atoms with Crippen LogP contribution in [0, 0.1) is 12.8 Å². The van der Waals surface area contributed by atoms with Crippen LogP contribution in [-0.2, 0) is 0 Å². The first-order chi connectivity index (χ1) is 11.8. The quantitative estimate of drug-likeness (QED) is 0.793. The van der Waals surface area contributed by atoms with Crippen LogP contribution in [0.2, 0.25) is 0 Å². The SMILES string of the molecule is CC[C@H]1CCCN(c2ccnc3[nH]cc(-c4cnc(C)nc4)c23)C1. The second-order valence-electron chi connectivity index (χ2n) is 6.64. The highest BCUT2D eigenvalue weighted by atomic mass is 15.1. The van der Waals surface area contributed by atoms with Crippen molar-refractivity contribution in [2.45, 2.75) is 33.1 Å². The van der Waals surface area contributed by atoms with Crippen molar-refractivity contribution >= 4 is 16.7 Å². The lowest BCUT2D eigenvalue weighted by atomic mass is 9.95. The van der Waals surface area contributed by atoms with Crippen LogP contribution in [0.1, 0.15) is 32.0 Å². The minimum absolute atomic E-state index is 0.784. The molecule has 0 aromatic carbocycles. The summed E-state index contributed by atoms with van der Waals surface area (Å²) in [4.78, 5) is 19.1. The third kappa shape index (κ3) is 2.64. The monoisotopic (exact) mass is 321 g/mol. The fourth-order valence-corrected chi connectivity index (χ4v) is 3.68. The van der Waals surface area contributed by atoms with Crippen molar-refractivity contribution in [1.82, 2.24) is 19.9 Å². The molecule has 4 heterocycles. The van der Waals surface area contributed by atoms with Crippen molar-refractivity contribution in [2.24, 2.45) is 5.92 Å². The largest absolute Gasteiger partial charge is 0.371 e. The van der Waals surface area contributed by atoms with Crippen LogP contribution in [-0.4, -0.2) is 33.0 Å². The van der Waals surface area contributed by atoms with Crippen LogP contribution < -0.4 is 4.90 Å². The van der Waals surface area contributed by atoms with E-state index in [1.165, 1.54) is 30.3 Å². The topological polar surface area (TPSA) is 57.7 Å². The molecule has 0 amide bonds. The summed E-state index contributed by atoms with van der Waals surface area (Å²) < 4.78 is 0. The van der Waals surface area contributed by atoms with Gasteiger partial charge in [0.15, 0.2) is 0 Å². The number of nitrogens with zero attached hydrogens (tertiary/aromatic N) is 4. The van der Waals surface area contributed by atoms with Gasteiger partial charge < -0.3 is 9.88 Å². The third-order valence-corrected chi connectivity index (χ3v) is 5.08. The van der Waals surface area contributed by atoms with Gasteiger partial charge in [0.2, 0.25) is 0 Å². The number of hydrogen-bond donors (Lipinski definition) is 1. The second kappa shape index (κ2) is 6.23. The normalized spacial score (nSPS) is 18.2. The van der Waals surface area contributed by atoms with Gasteiger partial charge in [0.05, 0.1) is 0 Å². The van der Waals surface area contributed by atoms with Crippen molar-refractivity contribution in [1.29, 1.82) is 0 Å². The van der Waals surface area contributed by atoms with Crippen LogP contribution >= 0.6 is 0 Å². The molecule has 1 atom stereocenters. The van der Waals surface area contributed by atoms with Gasteiger partial charge in [-0.3, -0.25) is 0 Å². The summed E-state index contributed by atoms with van der Waals surface area (Å²) in [6.45, 7) is 6.45. The Bertz CT molecular complexity index is 837. The molecular formula is C19H23N5. The molecule has 1 aliphatic rings. The van der Waals surface area contributed by atoms with E-state index >= 15 is 0 Å². The second-order valence-corrected chi connectivity index (χ2v) is 6.64. The minimum Gasteiger partial charge on any atom is -0.371 e. The van der Waals surface area contributed by atoms with Crippen molar-refractivity contribution in [3.05, 3.63) is 36.7 Å². The maximum atomic E-state index is 4.52. The molecule has 0 radical (unpaired) electrons. The number of pyridine rings is 1. The molecule has 1 aliphatic heterocycles. The molecule has 24 heavy (non-hydrogen) atoms. The Hall–Kier alpha value is -2.43. The van der Waals surface area contributed by atoms with E-state index in [1.807, 2.05) is 31.7 Å². The zero-order valence-electron chi connectivity index (χ0n) is 14.3. The van der Waals surface area contributed by atoms with Gasteiger partial charge in [-0.25, -0.2) is 15.0 Å². The number of nitrogens with one attached hydrogen (secondary N) is 1. The van der Waals surface area contributed by atoms with E-state index in [4.69, 9.17) is 0 Å². The summed E-state index contributed by atoms with van der Waals surface area (Å²) in [6, 6.07) is 2.15. The number of H-pyrrole nitrogens is 1. The highest BCUT2D eigenvalue weighted by molar-refractivity contribution is 6.02. The van der Waals surface area contributed by atoms with E-state index in [0.29, 0.717) is 0 Å². The van der Waals surface area contributed by atoms with Crippen molar-refractivity contribution in [3.8, 4) is 11.1 Å². The fourth-order valence-electron chi connectivity index (χ4n) is 3.68. The zero-order valence-corrected chi connectivity index (χ0v) is 14.3. The number of rotatable bonds is 3. The van der Waals surface area contributed by atoms with Crippen molar-refractivity contribution in [3.63, 3.8) is 0 Å². The minimum atomic E-state index is 0.784. The molecule has 1 N–H and O–H groups in total.